The van der Waals surface area contributed by atoms with E-state index in [-0.39, 0.29) is 11.9 Å². The lowest BCUT2D eigenvalue weighted by atomic mass is 10.0. The fourth-order valence-corrected chi connectivity index (χ4v) is 5.01. The Morgan fingerprint density at radius 1 is 1.28 bits per heavy atom. The van der Waals surface area contributed by atoms with Crippen LogP contribution in [-0.2, 0) is 27.7 Å². The van der Waals surface area contributed by atoms with Gasteiger partial charge in [-0.05, 0) is 23.8 Å². The molecule has 3 aromatic rings. The average molecular weight is 454 g/mol. The van der Waals surface area contributed by atoms with Crippen molar-refractivity contribution >= 4 is 32.4 Å². The number of carbonyl (C=O) groups is 1. The van der Waals surface area contributed by atoms with Gasteiger partial charge in [-0.1, -0.05) is 6.07 Å². The van der Waals surface area contributed by atoms with Crippen LogP contribution in [0.1, 0.15) is 33.2 Å². The highest BCUT2D eigenvalue weighted by molar-refractivity contribution is 7.93. The van der Waals surface area contributed by atoms with Gasteiger partial charge in [0.25, 0.3) is 5.91 Å². The van der Waals surface area contributed by atoms with Crippen molar-refractivity contribution in [3.63, 3.8) is 0 Å². The summed E-state index contributed by atoms with van der Waals surface area (Å²) in [5.74, 6) is 0.824. The van der Waals surface area contributed by atoms with Crippen LogP contribution in [0.3, 0.4) is 0 Å². The first-order valence-corrected chi connectivity index (χ1v) is 12.0. The van der Waals surface area contributed by atoms with E-state index in [1.807, 2.05) is 6.07 Å². The number of nitrogens with two attached hydrogens (primary N) is 1. The van der Waals surface area contributed by atoms with E-state index in [0.29, 0.717) is 47.5 Å². The molecule has 2 aliphatic rings. The van der Waals surface area contributed by atoms with Gasteiger partial charge in [-0.2, -0.15) is 0 Å². The highest BCUT2D eigenvalue weighted by Crippen LogP contribution is 2.38. The highest BCUT2D eigenvalue weighted by atomic mass is 32.2. The number of ether oxygens (including phenoxy) is 2. The van der Waals surface area contributed by atoms with Gasteiger partial charge in [0.2, 0.25) is 0 Å². The molecule has 0 saturated carbocycles. The van der Waals surface area contributed by atoms with Crippen LogP contribution < -0.4 is 10.5 Å². The van der Waals surface area contributed by atoms with E-state index in [2.05, 4.69) is 14.3 Å². The smallest absolute Gasteiger partial charge is 0.272 e. The van der Waals surface area contributed by atoms with Gasteiger partial charge >= 0.3 is 0 Å². The summed E-state index contributed by atoms with van der Waals surface area (Å²) in [6.45, 7) is 1.16. The Hall–Kier alpha value is -3.24. The predicted octanol–water partition coefficient (Wildman–Crippen LogP) is 2.53. The summed E-state index contributed by atoms with van der Waals surface area (Å²) in [4.78, 5) is 24.3. The van der Waals surface area contributed by atoms with E-state index in [4.69, 9.17) is 15.2 Å². The number of amides is 1. The summed E-state index contributed by atoms with van der Waals surface area (Å²) in [5, 5.41) is 0.826. The van der Waals surface area contributed by atoms with Gasteiger partial charge in [0, 0.05) is 36.9 Å². The average Bonchev–Trinajstić information content (AvgIpc) is 3.45. The number of likely N-dealkylation sites (N-methyl/N-ethyl adjacent to an activating group) is 1. The van der Waals surface area contributed by atoms with Crippen molar-refractivity contribution < 1.29 is 18.5 Å². The number of anilines is 1. The molecule has 0 aliphatic carbocycles. The van der Waals surface area contributed by atoms with Crippen LogP contribution in [0.5, 0.6) is 5.75 Å². The van der Waals surface area contributed by atoms with Crippen LogP contribution in [0, 0.1) is 0 Å². The van der Waals surface area contributed by atoms with Crippen molar-refractivity contribution in [2.24, 2.45) is 4.36 Å². The van der Waals surface area contributed by atoms with Gasteiger partial charge < -0.3 is 20.1 Å². The summed E-state index contributed by atoms with van der Waals surface area (Å²) >= 11 is 0. The largest absolute Gasteiger partial charge is 0.491 e. The summed E-state index contributed by atoms with van der Waals surface area (Å²) in [6, 6.07) is 6.85. The summed E-state index contributed by atoms with van der Waals surface area (Å²) in [5.41, 5.74) is 9.66. The Morgan fingerprint density at radius 3 is 2.84 bits per heavy atom. The number of pyridine rings is 2. The first-order chi connectivity index (χ1) is 15.3. The van der Waals surface area contributed by atoms with Gasteiger partial charge in [-0.3, -0.25) is 4.79 Å². The number of carbonyl (C=O) groups excluding carboxylic acids is 1. The van der Waals surface area contributed by atoms with Gasteiger partial charge in [0.05, 0.1) is 45.6 Å². The number of hydrogen-bond donors (Lipinski definition) is 1. The molecule has 166 valence electrons. The van der Waals surface area contributed by atoms with Crippen molar-refractivity contribution in [1.82, 2.24) is 14.9 Å². The maximum absolute atomic E-state index is 13.3. The standard InChI is InChI=1S/C22H23N5O4S/c1-24-32(3,29)12-4-5-13-19(11-31-20(13)6-12)27(2)22(28)17-7-14-15-9-30-10-16(15)21(23)26-18(14)8-25-17/h4-8,19H,9-11H2,1-3H3,(H2,23,26)/t19-,32?/m1/s1. The molecule has 1 aromatic carbocycles. The second-order valence-electron chi connectivity index (χ2n) is 7.96. The minimum absolute atomic E-state index is 0.232. The topological polar surface area (TPSA) is 120 Å². The number of benzene rings is 1. The lowest BCUT2D eigenvalue weighted by Crippen LogP contribution is -2.32. The molecule has 2 aromatic heterocycles. The normalized spacial score (nSPS) is 18.5. The van der Waals surface area contributed by atoms with Crippen LogP contribution >= 0.6 is 0 Å². The minimum Gasteiger partial charge on any atom is -0.491 e. The molecule has 2 aliphatic heterocycles. The van der Waals surface area contributed by atoms with Gasteiger partial charge in [0.1, 0.15) is 23.9 Å². The Bertz CT molecular complexity index is 1400. The highest BCUT2D eigenvalue weighted by Gasteiger charge is 2.32. The maximum Gasteiger partial charge on any atom is 0.272 e. The molecule has 1 amide bonds. The Balaban J connectivity index is 1.47. The molecule has 0 fully saturated rings. The first kappa shape index (κ1) is 20.7. The molecule has 10 heteroatoms. The van der Waals surface area contributed by atoms with Crippen molar-refractivity contribution in [3.05, 3.63) is 52.8 Å². The molecule has 0 bridgehead atoms. The quantitative estimate of drug-likeness (QED) is 0.647. The number of aromatic nitrogens is 2. The summed E-state index contributed by atoms with van der Waals surface area (Å²) in [6.07, 6.45) is 3.16. The predicted molar refractivity (Wildman–Crippen MR) is 120 cm³/mol. The summed E-state index contributed by atoms with van der Waals surface area (Å²) in [7, 11) is 0.795. The number of fused-ring (bicyclic) bond motifs is 4. The molecule has 2 N–H and O–H groups in total. The molecule has 5 rings (SSSR count). The zero-order valence-corrected chi connectivity index (χ0v) is 18.8. The molecule has 0 saturated heterocycles. The second-order valence-corrected chi connectivity index (χ2v) is 10.4. The van der Waals surface area contributed by atoms with Crippen molar-refractivity contribution in [1.29, 1.82) is 0 Å². The molecule has 0 spiro atoms. The summed E-state index contributed by atoms with van der Waals surface area (Å²) < 4.78 is 27.9. The molecule has 2 atom stereocenters. The van der Waals surface area contributed by atoms with Crippen molar-refractivity contribution in [2.45, 2.75) is 24.2 Å². The molecule has 1 unspecified atom stereocenters. The Kier molecular flexibility index (Phi) is 4.79. The fourth-order valence-electron chi connectivity index (χ4n) is 4.15. The van der Waals surface area contributed by atoms with E-state index in [0.717, 1.165) is 22.1 Å². The number of nitrogen functional groups attached to an aromatic ring is 1. The lowest BCUT2D eigenvalue weighted by Gasteiger charge is -2.23. The number of rotatable bonds is 3. The monoisotopic (exact) mass is 453 g/mol. The Morgan fingerprint density at radius 2 is 2.06 bits per heavy atom. The molecular weight excluding hydrogens is 430 g/mol. The maximum atomic E-state index is 13.3. The molecule has 32 heavy (non-hydrogen) atoms. The lowest BCUT2D eigenvalue weighted by molar-refractivity contribution is 0.0703. The third-order valence-electron chi connectivity index (χ3n) is 6.15. The molecular formula is C22H23N5O4S. The number of hydrogen-bond acceptors (Lipinski definition) is 8. The molecule has 9 nitrogen and oxygen atoms in total. The van der Waals surface area contributed by atoms with E-state index in [9.17, 15) is 9.00 Å². The van der Waals surface area contributed by atoms with Gasteiger partial charge in [-0.25, -0.2) is 18.5 Å². The SMILES string of the molecule is CN=S(C)(=O)c1ccc2c(c1)OC[C@H]2N(C)C(=O)c1cc2c3c(c(N)nc2cn1)COC3. The fraction of sp³-hybridized carbons (Fsp3) is 0.318. The van der Waals surface area contributed by atoms with Crippen LogP contribution in [0.15, 0.2) is 39.7 Å². The minimum atomic E-state index is -2.47. The van der Waals surface area contributed by atoms with E-state index >= 15 is 0 Å². The molecule has 0 radical (unpaired) electrons. The second kappa shape index (κ2) is 7.42. The van der Waals surface area contributed by atoms with Crippen LogP contribution in [0.25, 0.3) is 10.9 Å². The third kappa shape index (κ3) is 3.18. The zero-order chi connectivity index (χ0) is 22.6. The van der Waals surface area contributed by atoms with Crippen molar-refractivity contribution in [2.75, 3.05) is 32.7 Å². The Labute approximate surface area is 185 Å². The van der Waals surface area contributed by atoms with Crippen LogP contribution in [0.2, 0.25) is 0 Å². The van der Waals surface area contributed by atoms with Gasteiger partial charge in [0.15, 0.2) is 0 Å². The first-order valence-electron chi connectivity index (χ1n) is 10.1. The van der Waals surface area contributed by atoms with Crippen LogP contribution in [-0.4, -0.2) is 51.9 Å². The van der Waals surface area contributed by atoms with Crippen molar-refractivity contribution in [3.8, 4) is 5.75 Å². The number of nitrogens with zero attached hydrogens (tertiary/aromatic N) is 4. The van der Waals surface area contributed by atoms with E-state index in [1.165, 1.54) is 7.05 Å². The molecule has 4 heterocycles. The van der Waals surface area contributed by atoms with E-state index < -0.39 is 9.73 Å². The third-order valence-corrected chi connectivity index (χ3v) is 7.97. The zero-order valence-electron chi connectivity index (χ0n) is 18.0. The van der Waals surface area contributed by atoms with Crippen LogP contribution in [0.4, 0.5) is 5.82 Å². The van der Waals surface area contributed by atoms with Gasteiger partial charge in [-0.15, -0.1) is 0 Å². The van der Waals surface area contributed by atoms with E-state index in [1.54, 1.807) is 42.6 Å².